The molecule has 1 aliphatic rings. The Kier molecular flexibility index (Phi) is 4.24. The van der Waals surface area contributed by atoms with Gasteiger partial charge in [0, 0.05) is 6.54 Å². The number of aromatic nitrogens is 2. The Hall–Kier alpha value is -2.15. The van der Waals surface area contributed by atoms with E-state index in [0.29, 0.717) is 17.4 Å². The average Bonchev–Trinajstić information content (AvgIpc) is 2.94. The Morgan fingerprint density at radius 3 is 2.91 bits per heavy atom. The van der Waals surface area contributed by atoms with E-state index < -0.39 is 0 Å². The minimum absolute atomic E-state index is 0.0450. The number of rotatable bonds is 4. The van der Waals surface area contributed by atoms with E-state index in [9.17, 15) is 4.79 Å². The summed E-state index contributed by atoms with van der Waals surface area (Å²) in [5.74, 6) is 0.756. The van der Waals surface area contributed by atoms with Crippen molar-refractivity contribution in [3.05, 3.63) is 29.3 Å². The number of piperidine rings is 1. The smallest absolute Gasteiger partial charge is 0.249 e. The minimum atomic E-state index is -0.272. The summed E-state index contributed by atoms with van der Waals surface area (Å²) in [4.78, 5) is 14.6. The van der Waals surface area contributed by atoms with Crippen LogP contribution in [0.25, 0.3) is 0 Å². The van der Waals surface area contributed by atoms with Gasteiger partial charge in [0.15, 0.2) is 0 Å². The summed E-state index contributed by atoms with van der Waals surface area (Å²) >= 11 is 1.46. The van der Waals surface area contributed by atoms with Crippen LogP contribution in [0.2, 0.25) is 0 Å². The molecule has 22 heavy (non-hydrogen) atoms. The first-order valence-corrected chi connectivity index (χ1v) is 8.01. The number of hydrogen-bond donors (Lipinski definition) is 1. The molecule has 116 valence electrons. The van der Waals surface area contributed by atoms with E-state index in [4.69, 9.17) is 4.74 Å². The number of carbonyl (C=O) groups excluding carboxylic acids is 1. The highest BCUT2D eigenvalue weighted by Crippen LogP contribution is 2.31. The summed E-state index contributed by atoms with van der Waals surface area (Å²) in [6, 6.07) is 7.32. The fraction of sp³-hybridized carbons (Fsp3) is 0.400. The molecule has 0 spiro atoms. The molecular weight excluding hydrogens is 300 g/mol. The normalized spacial score (nSPS) is 18.4. The number of methoxy groups -OCH3 is 1. The number of nitrogens with one attached hydrogen (secondary N) is 1. The Morgan fingerprint density at radius 2 is 2.18 bits per heavy atom. The lowest BCUT2D eigenvalue weighted by Gasteiger charge is -2.33. The molecule has 1 amide bonds. The highest BCUT2D eigenvalue weighted by Gasteiger charge is 2.31. The number of aryl methyl sites for hydroxylation is 1. The van der Waals surface area contributed by atoms with Gasteiger partial charge in [-0.05, 0) is 31.9 Å². The molecule has 2 heterocycles. The van der Waals surface area contributed by atoms with Crippen molar-refractivity contribution in [3.63, 3.8) is 0 Å². The Balaban J connectivity index is 1.80. The van der Waals surface area contributed by atoms with Crippen molar-refractivity contribution in [2.45, 2.75) is 25.8 Å². The van der Waals surface area contributed by atoms with E-state index in [-0.39, 0.29) is 11.9 Å². The summed E-state index contributed by atoms with van der Waals surface area (Å²) in [6.45, 7) is 2.60. The first-order chi connectivity index (χ1) is 10.7. The zero-order valence-electron chi connectivity index (χ0n) is 12.6. The lowest BCUT2D eigenvalue weighted by atomic mass is 10.0. The molecule has 1 aromatic carbocycles. The number of hydrogen-bond acceptors (Lipinski definition) is 6. The van der Waals surface area contributed by atoms with Crippen LogP contribution in [0.1, 0.15) is 17.8 Å². The second kappa shape index (κ2) is 6.31. The molecular formula is C15H18N4O2S. The van der Waals surface area contributed by atoms with Gasteiger partial charge in [-0.15, -0.1) is 10.2 Å². The molecule has 1 aromatic heterocycles. The number of nitrogens with zero attached hydrogens (tertiary/aromatic N) is 3. The highest BCUT2D eigenvalue weighted by atomic mass is 32.1. The summed E-state index contributed by atoms with van der Waals surface area (Å²) in [5, 5.41) is 12.8. The molecule has 1 saturated heterocycles. The van der Waals surface area contributed by atoms with Crippen LogP contribution in [-0.4, -0.2) is 35.8 Å². The van der Waals surface area contributed by atoms with Crippen LogP contribution in [-0.2, 0) is 4.79 Å². The summed E-state index contributed by atoms with van der Waals surface area (Å²) in [7, 11) is 1.62. The van der Waals surface area contributed by atoms with Crippen molar-refractivity contribution in [1.82, 2.24) is 10.2 Å². The molecule has 0 aliphatic carbocycles. The molecule has 1 N–H and O–H groups in total. The second-order valence-corrected chi connectivity index (χ2v) is 6.31. The third-order valence-electron chi connectivity index (χ3n) is 3.64. The van der Waals surface area contributed by atoms with Crippen molar-refractivity contribution < 1.29 is 9.53 Å². The van der Waals surface area contributed by atoms with Gasteiger partial charge in [0.1, 0.15) is 16.8 Å². The number of para-hydroxylation sites is 2. The second-order valence-electron chi connectivity index (χ2n) is 5.13. The van der Waals surface area contributed by atoms with Crippen molar-refractivity contribution in [2.24, 2.45) is 0 Å². The Bertz CT molecular complexity index is 673. The van der Waals surface area contributed by atoms with E-state index >= 15 is 0 Å². The lowest BCUT2D eigenvalue weighted by Crippen LogP contribution is -2.47. The van der Waals surface area contributed by atoms with Gasteiger partial charge in [0.2, 0.25) is 11.0 Å². The van der Waals surface area contributed by atoms with Crippen LogP contribution >= 0.6 is 11.3 Å². The third-order valence-corrected chi connectivity index (χ3v) is 4.41. The maximum atomic E-state index is 12.8. The molecule has 1 aliphatic heterocycles. The lowest BCUT2D eigenvalue weighted by molar-refractivity contribution is -0.120. The number of benzene rings is 1. The molecule has 0 saturated carbocycles. The molecule has 1 fully saturated rings. The molecule has 1 atom stereocenters. The van der Waals surface area contributed by atoms with Crippen LogP contribution < -0.4 is 15.0 Å². The van der Waals surface area contributed by atoms with E-state index in [1.807, 2.05) is 31.2 Å². The van der Waals surface area contributed by atoms with Gasteiger partial charge >= 0.3 is 0 Å². The van der Waals surface area contributed by atoms with Gasteiger partial charge < -0.3 is 15.0 Å². The van der Waals surface area contributed by atoms with Gasteiger partial charge in [-0.2, -0.15) is 0 Å². The molecule has 0 radical (unpaired) electrons. The summed E-state index contributed by atoms with van der Waals surface area (Å²) in [5.41, 5.74) is 0.815. The topological polar surface area (TPSA) is 67.3 Å². The number of carbonyl (C=O) groups is 1. The number of ether oxygens (including phenoxy) is 1. The van der Waals surface area contributed by atoms with Crippen molar-refractivity contribution in [3.8, 4) is 5.75 Å². The Morgan fingerprint density at radius 1 is 1.36 bits per heavy atom. The van der Waals surface area contributed by atoms with Gasteiger partial charge in [-0.1, -0.05) is 23.5 Å². The van der Waals surface area contributed by atoms with E-state index in [1.165, 1.54) is 11.3 Å². The van der Waals surface area contributed by atoms with Crippen molar-refractivity contribution in [1.29, 1.82) is 0 Å². The molecule has 2 aromatic rings. The molecule has 0 bridgehead atoms. The summed E-state index contributed by atoms with van der Waals surface area (Å²) in [6.07, 6.45) is 1.72. The summed E-state index contributed by atoms with van der Waals surface area (Å²) < 4.78 is 5.37. The molecule has 7 heteroatoms. The van der Waals surface area contributed by atoms with Crippen LogP contribution in [0, 0.1) is 6.92 Å². The predicted octanol–water partition coefficient (Wildman–Crippen LogP) is 2.46. The quantitative estimate of drug-likeness (QED) is 0.938. The van der Waals surface area contributed by atoms with Crippen LogP contribution in [0.4, 0.5) is 10.8 Å². The first kappa shape index (κ1) is 14.8. The zero-order valence-corrected chi connectivity index (χ0v) is 13.4. The van der Waals surface area contributed by atoms with E-state index in [2.05, 4.69) is 15.5 Å². The number of anilines is 2. The standard InChI is InChI=1S/C15H18N4O2S/c1-10-17-18-15(22-10)16-11-6-5-9-19(14(11)20)12-7-3-4-8-13(12)21-2/h3-4,7-8,11H,5-6,9H2,1-2H3,(H,16,18)/t11-/m0/s1. The molecule has 6 nitrogen and oxygen atoms in total. The third kappa shape index (κ3) is 2.89. The maximum absolute atomic E-state index is 12.8. The largest absolute Gasteiger partial charge is 0.495 e. The minimum Gasteiger partial charge on any atom is -0.495 e. The van der Waals surface area contributed by atoms with E-state index in [0.717, 1.165) is 23.5 Å². The zero-order chi connectivity index (χ0) is 15.5. The van der Waals surface area contributed by atoms with Gasteiger partial charge in [-0.25, -0.2) is 0 Å². The average molecular weight is 318 g/mol. The van der Waals surface area contributed by atoms with Crippen LogP contribution in [0.15, 0.2) is 24.3 Å². The van der Waals surface area contributed by atoms with Crippen molar-refractivity contribution in [2.75, 3.05) is 23.9 Å². The monoisotopic (exact) mass is 318 g/mol. The molecule has 3 rings (SSSR count). The predicted molar refractivity (Wildman–Crippen MR) is 86.6 cm³/mol. The first-order valence-electron chi connectivity index (χ1n) is 7.20. The molecule has 0 unspecified atom stereocenters. The van der Waals surface area contributed by atoms with E-state index in [1.54, 1.807) is 12.0 Å². The van der Waals surface area contributed by atoms with Crippen LogP contribution in [0.5, 0.6) is 5.75 Å². The number of amides is 1. The van der Waals surface area contributed by atoms with Crippen molar-refractivity contribution >= 4 is 28.1 Å². The highest BCUT2D eigenvalue weighted by molar-refractivity contribution is 7.15. The van der Waals surface area contributed by atoms with Gasteiger partial charge in [0.25, 0.3) is 0 Å². The Labute approximate surface area is 133 Å². The SMILES string of the molecule is COc1ccccc1N1CCC[C@H](Nc2nnc(C)s2)C1=O. The fourth-order valence-electron chi connectivity index (χ4n) is 2.61. The van der Waals surface area contributed by atoms with Gasteiger partial charge in [0.05, 0.1) is 12.8 Å². The maximum Gasteiger partial charge on any atom is 0.249 e. The van der Waals surface area contributed by atoms with Crippen LogP contribution in [0.3, 0.4) is 0 Å². The fourth-order valence-corrected chi connectivity index (χ4v) is 3.25. The van der Waals surface area contributed by atoms with Gasteiger partial charge in [-0.3, -0.25) is 4.79 Å².